The topological polar surface area (TPSA) is 46.5 Å². The van der Waals surface area contributed by atoms with E-state index >= 15 is 0 Å². The standard InChI is InChI=1S/C16H21ClO3/c1-10-7-13(8-11(2)20-10)15(9-16(18)19)12-3-5-14(17)6-4-12/h3-6,10-11,13,15H,7-9H2,1-2H3,(H,18,19)/t10?,11?,13?,15-/m0/s1. The normalized spacial score (nSPS) is 28.1. The summed E-state index contributed by atoms with van der Waals surface area (Å²) in [4.78, 5) is 11.2. The van der Waals surface area contributed by atoms with E-state index in [4.69, 9.17) is 16.3 Å². The quantitative estimate of drug-likeness (QED) is 0.910. The summed E-state index contributed by atoms with van der Waals surface area (Å²) in [6, 6.07) is 7.55. The van der Waals surface area contributed by atoms with Crippen molar-refractivity contribution in [2.24, 2.45) is 5.92 Å². The van der Waals surface area contributed by atoms with Gasteiger partial charge in [0.15, 0.2) is 0 Å². The van der Waals surface area contributed by atoms with Gasteiger partial charge in [-0.05, 0) is 56.2 Å². The summed E-state index contributed by atoms with van der Waals surface area (Å²) in [5.41, 5.74) is 1.06. The van der Waals surface area contributed by atoms with Crippen LogP contribution in [-0.4, -0.2) is 23.3 Å². The van der Waals surface area contributed by atoms with Gasteiger partial charge in [0, 0.05) is 5.02 Å². The molecule has 3 nitrogen and oxygen atoms in total. The molecule has 1 aromatic carbocycles. The molecule has 0 saturated carbocycles. The van der Waals surface area contributed by atoms with E-state index in [1.54, 1.807) is 0 Å². The molecular weight excluding hydrogens is 276 g/mol. The van der Waals surface area contributed by atoms with Crippen molar-refractivity contribution < 1.29 is 14.6 Å². The summed E-state index contributed by atoms with van der Waals surface area (Å²) in [5.74, 6) is -0.388. The summed E-state index contributed by atoms with van der Waals surface area (Å²) >= 11 is 5.92. The van der Waals surface area contributed by atoms with Crippen LogP contribution in [0.1, 0.15) is 44.6 Å². The van der Waals surface area contributed by atoms with Crippen molar-refractivity contribution >= 4 is 17.6 Å². The Morgan fingerprint density at radius 1 is 1.30 bits per heavy atom. The van der Waals surface area contributed by atoms with Gasteiger partial charge in [-0.25, -0.2) is 0 Å². The summed E-state index contributed by atoms with van der Waals surface area (Å²) < 4.78 is 5.76. The van der Waals surface area contributed by atoms with E-state index in [9.17, 15) is 9.90 Å². The van der Waals surface area contributed by atoms with Gasteiger partial charge < -0.3 is 9.84 Å². The Morgan fingerprint density at radius 2 is 1.85 bits per heavy atom. The lowest BCUT2D eigenvalue weighted by molar-refractivity contribution is -0.138. The minimum Gasteiger partial charge on any atom is -0.481 e. The van der Waals surface area contributed by atoms with E-state index in [0.717, 1.165) is 18.4 Å². The molecule has 0 aromatic heterocycles. The molecule has 2 unspecified atom stereocenters. The molecule has 1 heterocycles. The van der Waals surface area contributed by atoms with Crippen LogP contribution in [0.4, 0.5) is 0 Å². The Bertz CT molecular complexity index is 447. The maximum absolute atomic E-state index is 11.2. The molecule has 0 bridgehead atoms. The highest BCUT2D eigenvalue weighted by molar-refractivity contribution is 6.30. The van der Waals surface area contributed by atoms with Crippen molar-refractivity contribution in [1.29, 1.82) is 0 Å². The Balaban J connectivity index is 2.22. The van der Waals surface area contributed by atoms with Gasteiger partial charge in [0.1, 0.15) is 0 Å². The largest absolute Gasteiger partial charge is 0.481 e. The fourth-order valence-electron chi connectivity index (χ4n) is 3.24. The van der Waals surface area contributed by atoms with Gasteiger partial charge in [-0.3, -0.25) is 4.79 Å². The molecule has 1 fully saturated rings. The van der Waals surface area contributed by atoms with E-state index in [-0.39, 0.29) is 24.5 Å². The van der Waals surface area contributed by atoms with Crippen molar-refractivity contribution in [2.45, 2.75) is 51.2 Å². The third-order valence-electron chi connectivity index (χ3n) is 4.00. The molecule has 3 atom stereocenters. The van der Waals surface area contributed by atoms with Crippen LogP contribution in [0.15, 0.2) is 24.3 Å². The van der Waals surface area contributed by atoms with Crippen molar-refractivity contribution in [3.63, 3.8) is 0 Å². The smallest absolute Gasteiger partial charge is 0.303 e. The van der Waals surface area contributed by atoms with Crippen LogP contribution in [0, 0.1) is 5.92 Å². The molecule has 4 heteroatoms. The Labute approximate surface area is 124 Å². The zero-order valence-corrected chi connectivity index (χ0v) is 12.6. The van der Waals surface area contributed by atoms with Gasteiger partial charge >= 0.3 is 5.97 Å². The molecule has 0 amide bonds. The van der Waals surface area contributed by atoms with Crippen LogP contribution in [0.3, 0.4) is 0 Å². The molecule has 1 N–H and O–H groups in total. The fraction of sp³-hybridized carbons (Fsp3) is 0.562. The highest BCUT2D eigenvalue weighted by Crippen LogP contribution is 2.38. The van der Waals surface area contributed by atoms with Crippen LogP contribution in [0.25, 0.3) is 0 Å². The third kappa shape index (κ3) is 3.97. The van der Waals surface area contributed by atoms with Crippen molar-refractivity contribution in [1.82, 2.24) is 0 Å². The first kappa shape index (κ1) is 15.3. The number of benzene rings is 1. The second-order valence-corrected chi connectivity index (χ2v) is 6.18. The first-order chi connectivity index (χ1) is 9.45. The zero-order chi connectivity index (χ0) is 14.7. The molecule has 2 rings (SSSR count). The zero-order valence-electron chi connectivity index (χ0n) is 11.9. The van der Waals surface area contributed by atoms with Gasteiger partial charge in [-0.1, -0.05) is 23.7 Å². The first-order valence-electron chi connectivity index (χ1n) is 7.08. The van der Waals surface area contributed by atoms with Crippen molar-refractivity contribution in [3.05, 3.63) is 34.9 Å². The van der Waals surface area contributed by atoms with Crippen LogP contribution in [0.2, 0.25) is 5.02 Å². The number of aliphatic carboxylic acids is 1. The van der Waals surface area contributed by atoms with Crippen molar-refractivity contribution in [2.75, 3.05) is 0 Å². The lowest BCUT2D eigenvalue weighted by atomic mass is 9.76. The molecule has 20 heavy (non-hydrogen) atoms. The molecule has 0 aliphatic carbocycles. The Hall–Kier alpha value is -1.06. The van der Waals surface area contributed by atoms with Crippen LogP contribution in [0.5, 0.6) is 0 Å². The maximum atomic E-state index is 11.2. The second kappa shape index (κ2) is 6.59. The predicted octanol–water partition coefficient (Wildman–Crippen LogP) is 4.10. The Kier molecular flexibility index (Phi) is 5.06. The van der Waals surface area contributed by atoms with E-state index < -0.39 is 5.97 Å². The minimum absolute atomic E-state index is 0.0265. The number of carboxylic acids is 1. The lowest BCUT2D eigenvalue weighted by Gasteiger charge is -2.36. The first-order valence-corrected chi connectivity index (χ1v) is 7.46. The van der Waals surface area contributed by atoms with Gasteiger partial charge in [-0.2, -0.15) is 0 Å². The summed E-state index contributed by atoms with van der Waals surface area (Å²) in [6.07, 6.45) is 2.35. The molecule has 0 spiro atoms. The Morgan fingerprint density at radius 3 is 2.35 bits per heavy atom. The number of carboxylic acid groups (broad SMARTS) is 1. The molecule has 1 aromatic rings. The number of rotatable bonds is 4. The van der Waals surface area contributed by atoms with Gasteiger partial charge in [-0.15, -0.1) is 0 Å². The number of halogens is 1. The molecule has 0 radical (unpaired) electrons. The molecule has 1 aliphatic rings. The van der Waals surface area contributed by atoms with Crippen LogP contribution < -0.4 is 0 Å². The monoisotopic (exact) mass is 296 g/mol. The van der Waals surface area contributed by atoms with E-state index in [2.05, 4.69) is 13.8 Å². The lowest BCUT2D eigenvalue weighted by Crippen LogP contribution is -2.33. The van der Waals surface area contributed by atoms with Gasteiger partial charge in [0.2, 0.25) is 0 Å². The predicted molar refractivity (Wildman–Crippen MR) is 79.2 cm³/mol. The molecule has 110 valence electrons. The highest BCUT2D eigenvalue weighted by atomic mass is 35.5. The fourth-order valence-corrected chi connectivity index (χ4v) is 3.37. The molecular formula is C16H21ClO3. The number of hydrogen-bond acceptors (Lipinski definition) is 2. The average Bonchev–Trinajstić information content (AvgIpc) is 2.35. The molecule has 1 saturated heterocycles. The number of ether oxygens (including phenoxy) is 1. The second-order valence-electron chi connectivity index (χ2n) is 5.74. The van der Waals surface area contributed by atoms with Gasteiger partial charge in [0.05, 0.1) is 18.6 Å². The summed E-state index contributed by atoms with van der Waals surface area (Å²) in [6.45, 7) is 4.12. The minimum atomic E-state index is -0.753. The van der Waals surface area contributed by atoms with Crippen LogP contribution in [-0.2, 0) is 9.53 Å². The molecule has 1 aliphatic heterocycles. The van der Waals surface area contributed by atoms with E-state index in [0.29, 0.717) is 10.9 Å². The van der Waals surface area contributed by atoms with Crippen molar-refractivity contribution in [3.8, 4) is 0 Å². The summed E-state index contributed by atoms with van der Waals surface area (Å²) in [7, 11) is 0. The van der Waals surface area contributed by atoms with Gasteiger partial charge in [0.25, 0.3) is 0 Å². The number of carbonyl (C=O) groups is 1. The van der Waals surface area contributed by atoms with E-state index in [1.807, 2.05) is 24.3 Å². The maximum Gasteiger partial charge on any atom is 0.303 e. The third-order valence-corrected chi connectivity index (χ3v) is 4.25. The van der Waals surface area contributed by atoms with E-state index in [1.165, 1.54) is 0 Å². The summed E-state index contributed by atoms with van der Waals surface area (Å²) in [5, 5.41) is 9.88. The van der Waals surface area contributed by atoms with Crippen LogP contribution >= 0.6 is 11.6 Å². The SMILES string of the molecule is CC1CC([C@@H](CC(=O)O)c2ccc(Cl)cc2)CC(C)O1. The average molecular weight is 297 g/mol. The highest BCUT2D eigenvalue weighted by Gasteiger charge is 2.32. The number of hydrogen-bond donors (Lipinski definition) is 1.